The number of pyridine rings is 1. The number of methoxy groups -OCH3 is 1. The van der Waals surface area contributed by atoms with Crippen molar-refractivity contribution in [1.82, 2.24) is 14.8 Å². The molecule has 1 aliphatic rings. The van der Waals surface area contributed by atoms with Gasteiger partial charge in [0.15, 0.2) is 0 Å². The lowest BCUT2D eigenvalue weighted by Gasteiger charge is -2.21. The van der Waals surface area contributed by atoms with Crippen LogP contribution in [0.5, 0.6) is 0 Å². The average molecular weight is 278 g/mol. The first-order valence-corrected chi connectivity index (χ1v) is 6.93. The highest BCUT2D eigenvalue weighted by Gasteiger charge is 2.20. The summed E-state index contributed by atoms with van der Waals surface area (Å²) in [5, 5.41) is 0. The van der Waals surface area contributed by atoms with Gasteiger partial charge < -0.3 is 15.4 Å². The largest absolute Gasteiger partial charge is 0.397 e. The average Bonchev–Trinajstić information content (AvgIpc) is 2.70. The summed E-state index contributed by atoms with van der Waals surface area (Å²) < 4.78 is 5.10. The van der Waals surface area contributed by atoms with E-state index in [9.17, 15) is 4.79 Å². The second kappa shape index (κ2) is 7.21. The van der Waals surface area contributed by atoms with Gasteiger partial charge in [-0.1, -0.05) is 0 Å². The van der Waals surface area contributed by atoms with Crippen LogP contribution in [0.15, 0.2) is 18.3 Å². The van der Waals surface area contributed by atoms with E-state index in [1.165, 1.54) is 6.20 Å². The standard InChI is InChI=1S/C14H22N4O2/c1-20-10-9-17-5-2-6-18(8-7-17)14(19)13-4-3-12(15)11-16-13/h3-4,11H,2,5-10,15H2,1H3. The monoisotopic (exact) mass is 278 g/mol. The zero-order valence-corrected chi connectivity index (χ0v) is 11.9. The molecular formula is C14H22N4O2. The predicted molar refractivity (Wildman–Crippen MR) is 77.5 cm³/mol. The fraction of sp³-hybridized carbons (Fsp3) is 0.571. The first-order chi connectivity index (χ1) is 9.70. The van der Waals surface area contributed by atoms with Gasteiger partial charge in [-0.3, -0.25) is 9.69 Å². The third-order valence-electron chi connectivity index (χ3n) is 3.49. The molecule has 0 spiro atoms. The third kappa shape index (κ3) is 3.91. The van der Waals surface area contributed by atoms with Crippen molar-refractivity contribution in [1.29, 1.82) is 0 Å². The number of aromatic nitrogens is 1. The molecule has 1 fully saturated rings. The van der Waals surface area contributed by atoms with Crippen molar-refractivity contribution in [2.75, 3.05) is 52.2 Å². The molecule has 0 radical (unpaired) electrons. The molecule has 0 aromatic carbocycles. The topological polar surface area (TPSA) is 71.7 Å². The van der Waals surface area contributed by atoms with Crippen LogP contribution in [-0.2, 0) is 4.74 Å². The number of hydrogen-bond donors (Lipinski definition) is 1. The van der Waals surface area contributed by atoms with Crippen LogP contribution in [0.3, 0.4) is 0 Å². The summed E-state index contributed by atoms with van der Waals surface area (Å²) in [5.74, 6) is -0.0152. The van der Waals surface area contributed by atoms with Gasteiger partial charge in [0, 0.05) is 33.3 Å². The van der Waals surface area contributed by atoms with E-state index in [1.807, 2.05) is 4.90 Å². The Hall–Kier alpha value is -1.66. The maximum absolute atomic E-state index is 12.4. The molecule has 2 N–H and O–H groups in total. The number of hydrogen-bond acceptors (Lipinski definition) is 5. The molecule has 0 atom stereocenters. The van der Waals surface area contributed by atoms with E-state index in [2.05, 4.69) is 9.88 Å². The highest BCUT2D eigenvalue weighted by Crippen LogP contribution is 2.09. The van der Waals surface area contributed by atoms with Gasteiger partial charge in [-0.15, -0.1) is 0 Å². The summed E-state index contributed by atoms with van der Waals surface area (Å²) in [6.45, 7) is 5.03. The first kappa shape index (κ1) is 14.7. The predicted octanol–water partition coefficient (Wildman–Crippen LogP) is 0.458. The summed E-state index contributed by atoms with van der Waals surface area (Å²) in [5.41, 5.74) is 6.62. The van der Waals surface area contributed by atoms with Crippen molar-refractivity contribution in [3.05, 3.63) is 24.0 Å². The molecule has 2 heterocycles. The minimum Gasteiger partial charge on any atom is -0.397 e. The zero-order chi connectivity index (χ0) is 14.4. The molecule has 6 nitrogen and oxygen atoms in total. The fourth-order valence-corrected chi connectivity index (χ4v) is 2.31. The summed E-state index contributed by atoms with van der Waals surface area (Å²) in [4.78, 5) is 20.7. The van der Waals surface area contributed by atoms with Gasteiger partial charge in [-0.25, -0.2) is 4.98 Å². The molecule has 0 saturated carbocycles. The smallest absolute Gasteiger partial charge is 0.272 e. The number of nitrogen functional groups attached to an aromatic ring is 1. The Morgan fingerprint density at radius 1 is 1.35 bits per heavy atom. The van der Waals surface area contributed by atoms with Gasteiger partial charge in [0.1, 0.15) is 5.69 Å². The Morgan fingerprint density at radius 3 is 2.90 bits per heavy atom. The molecule has 0 aliphatic carbocycles. The molecule has 2 rings (SSSR count). The van der Waals surface area contributed by atoms with Gasteiger partial charge in [0.25, 0.3) is 5.91 Å². The van der Waals surface area contributed by atoms with Crippen LogP contribution in [-0.4, -0.2) is 67.1 Å². The van der Waals surface area contributed by atoms with Crippen molar-refractivity contribution >= 4 is 11.6 Å². The molecule has 1 saturated heterocycles. The van der Waals surface area contributed by atoms with Crippen molar-refractivity contribution in [3.8, 4) is 0 Å². The van der Waals surface area contributed by atoms with Crippen molar-refractivity contribution in [2.45, 2.75) is 6.42 Å². The Balaban J connectivity index is 1.92. The van der Waals surface area contributed by atoms with Crippen LogP contribution >= 0.6 is 0 Å². The Kier molecular flexibility index (Phi) is 5.31. The molecule has 0 bridgehead atoms. The van der Waals surface area contributed by atoms with Crippen LogP contribution in [0.4, 0.5) is 5.69 Å². The fourth-order valence-electron chi connectivity index (χ4n) is 2.31. The lowest BCUT2D eigenvalue weighted by Crippen LogP contribution is -2.36. The van der Waals surface area contributed by atoms with E-state index in [-0.39, 0.29) is 5.91 Å². The van der Waals surface area contributed by atoms with E-state index in [0.717, 1.165) is 45.8 Å². The molecule has 20 heavy (non-hydrogen) atoms. The molecule has 0 unspecified atom stereocenters. The lowest BCUT2D eigenvalue weighted by atomic mass is 10.3. The van der Waals surface area contributed by atoms with Crippen LogP contribution in [0.2, 0.25) is 0 Å². The Bertz CT molecular complexity index is 435. The van der Waals surface area contributed by atoms with Crippen LogP contribution in [0.1, 0.15) is 16.9 Å². The van der Waals surface area contributed by atoms with E-state index < -0.39 is 0 Å². The summed E-state index contributed by atoms with van der Waals surface area (Å²) in [7, 11) is 1.71. The molecule has 1 amide bonds. The van der Waals surface area contributed by atoms with Crippen molar-refractivity contribution in [2.24, 2.45) is 0 Å². The van der Waals surface area contributed by atoms with Gasteiger partial charge in [0.05, 0.1) is 18.5 Å². The van der Waals surface area contributed by atoms with E-state index in [1.54, 1.807) is 19.2 Å². The highest BCUT2D eigenvalue weighted by molar-refractivity contribution is 5.92. The Labute approximate surface area is 119 Å². The van der Waals surface area contributed by atoms with Gasteiger partial charge in [-0.05, 0) is 25.1 Å². The van der Waals surface area contributed by atoms with Crippen LogP contribution in [0, 0.1) is 0 Å². The Morgan fingerprint density at radius 2 is 2.20 bits per heavy atom. The number of nitrogens with two attached hydrogens (primary N) is 1. The quantitative estimate of drug-likeness (QED) is 0.866. The zero-order valence-electron chi connectivity index (χ0n) is 11.9. The summed E-state index contributed by atoms with van der Waals surface area (Å²) in [6.07, 6.45) is 2.50. The minimum atomic E-state index is -0.0152. The molecule has 1 aliphatic heterocycles. The number of rotatable bonds is 4. The second-order valence-electron chi connectivity index (χ2n) is 4.96. The molecule has 6 heteroatoms. The van der Waals surface area contributed by atoms with E-state index >= 15 is 0 Å². The lowest BCUT2D eigenvalue weighted by molar-refractivity contribution is 0.0753. The normalized spacial score (nSPS) is 16.9. The number of carbonyl (C=O) groups is 1. The summed E-state index contributed by atoms with van der Waals surface area (Å²) >= 11 is 0. The molecule has 110 valence electrons. The van der Waals surface area contributed by atoms with Gasteiger partial charge in [-0.2, -0.15) is 0 Å². The van der Waals surface area contributed by atoms with Crippen molar-refractivity contribution < 1.29 is 9.53 Å². The first-order valence-electron chi connectivity index (χ1n) is 6.93. The highest BCUT2D eigenvalue weighted by atomic mass is 16.5. The SMILES string of the molecule is COCCN1CCCN(C(=O)c2ccc(N)cn2)CC1. The number of ether oxygens (including phenoxy) is 1. The van der Waals surface area contributed by atoms with E-state index in [4.69, 9.17) is 10.5 Å². The molecule has 1 aromatic rings. The molecule has 1 aromatic heterocycles. The number of nitrogens with zero attached hydrogens (tertiary/aromatic N) is 3. The van der Waals surface area contributed by atoms with Crippen LogP contribution < -0.4 is 5.73 Å². The maximum Gasteiger partial charge on any atom is 0.272 e. The number of carbonyl (C=O) groups excluding carboxylic acids is 1. The maximum atomic E-state index is 12.4. The summed E-state index contributed by atoms with van der Waals surface area (Å²) in [6, 6.07) is 3.40. The van der Waals surface area contributed by atoms with Crippen LogP contribution in [0.25, 0.3) is 0 Å². The third-order valence-corrected chi connectivity index (χ3v) is 3.49. The number of anilines is 1. The van der Waals surface area contributed by atoms with Crippen molar-refractivity contribution in [3.63, 3.8) is 0 Å². The second-order valence-corrected chi connectivity index (χ2v) is 4.96. The molecular weight excluding hydrogens is 256 g/mol. The van der Waals surface area contributed by atoms with E-state index in [0.29, 0.717) is 11.4 Å². The number of amides is 1. The van der Waals surface area contributed by atoms with Gasteiger partial charge >= 0.3 is 0 Å². The van der Waals surface area contributed by atoms with Gasteiger partial charge in [0.2, 0.25) is 0 Å². The minimum absolute atomic E-state index is 0.0152.